The Hall–Kier alpha value is -4.88. The third-order valence-electron chi connectivity index (χ3n) is 4.60. The second kappa shape index (κ2) is 11.0. The summed E-state index contributed by atoms with van der Waals surface area (Å²) in [7, 11) is -3.88. The number of carbonyl (C=O) groups is 2. The summed E-state index contributed by atoms with van der Waals surface area (Å²) in [6.45, 7) is 0. The zero-order valence-electron chi connectivity index (χ0n) is 18.5. The molecular formula is C23H20N6O6S. The largest absolute Gasteiger partial charge is 0.369 e. The number of nitrogens with two attached hydrogens (primary N) is 2. The van der Waals surface area contributed by atoms with Crippen LogP contribution in [0.5, 0.6) is 0 Å². The van der Waals surface area contributed by atoms with Gasteiger partial charge in [-0.3, -0.25) is 25.0 Å². The molecule has 0 spiro atoms. The van der Waals surface area contributed by atoms with E-state index in [9.17, 15) is 28.1 Å². The van der Waals surface area contributed by atoms with E-state index >= 15 is 0 Å². The van der Waals surface area contributed by atoms with Crippen LogP contribution in [0.1, 0.15) is 15.9 Å². The number of non-ortho nitro benzene ring substituents is 1. The summed E-state index contributed by atoms with van der Waals surface area (Å²) in [5.74, 6) is -1.74. The zero-order valence-corrected chi connectivity index (χ0v) is 19.3. The van der Waals surface area contributed by atoms with Gasteiger partial charge in [0, 0.05) is 17.7 Å². The Bertz CT molecular complexity index is 1450. The minimum Gasteiger partial charge on any atom is -0.369 e. The summed E-state index contributed by atoms with van der Waals surface area (Å²) in [4.78, 5) is 39.8. The SMILES string of the molecule is NC(=Nc1ccc(S(N)(=O)=O)cc1)NC(=O)/C(=C/c1ccc([N+](=O)[O-])cc1)NC(=O)c1ccccc1. The smallest absolute Gasteiger partial charge is 0.274 e. The Morgan fingerprint density at radius 2 is 1.53 bits per heavy atom. The lowest BCUT2D eigenvalue weighted by atomic mass is 10.1. The predicted molar refractivity (Wildman–Crippen MR) is 132 cm³/mol. The molecule has 3 aromatic carbocycles. The van der Waals surface area contributed by atoms with Gasteiger partial charge in [-0.05, 0) is 60.2 Å². The van der Waals surface area contributed by atoms with Crippen LogP contribution in [0.4, 0.5) is 11.4 Å². The van der Waals surface area contributed by atoms with Gasteiger partial charge in [0.15, 0.2) is 0 Å². The van der Waals surface area contributed by atoms with E-state index in [0.29, 0.717) is 5.56 Å². The van der Waals surface area contributed by atoms with E-state index in [4.69, 9.17) is 10.9 Å². The molecule has 13 heteroatoms. The maximum Gasteiger partial charge on any atom is 0.274 e. The van der Waals surface area contributed by atoms with Crippen LogP contribution in [0.2, 0.25) is 0 Å². The highest BCUT2D eigenvalue weighted by molar-refractivity contribution is 7.89. The van der Waals surface area contributed by atoms with Crippen molar-refractivity contribution in [3.05, 3.63) is 106 Å². The van der Waals surface area contributed by atoms with Crippen LogP contribution >= 0.6 is 0 Å². The van der Waals surface area contributed by atoms with Crippen molar-refractivity contribution < 1.29 is 22.9 Å². The molecule has 0 aliphatic rings. The fourth-order valence-corrected chi connectivity index (χ4v) is 3.38. The highest BCUT2D eigenvalue weighted by Crippen LogP contribution is 2.16. The van der Waals surface area contributed by atoms with Gasteiger partial charge in [-0.15, -0.1) is 0 Å². The average Bonchev–Trinajstić information content (AvgIpc) is 2.84. The van der Waals surface area contributed by atoms with Gasteiger partial charge in [-0.1, -0.05) is 18.2 Å². The first-order chi connectivity index (χ1) is 17.0. The molecule has 0 atom stereocenters. The Balaban J connectivity index is 1.85. The highest BCUT2D eigenvalue weighted by atomic mass is 32.2. The summed E-state index contributed by atoms with van der Waals surface area (Å²) in [6, 6.07) is 18.6. The van der Waals surface area contributed by atoms with Gasteiger partial charge in [-0.2, -0.15) is 0 Å². The van der Waals surface area contributed by atoms with Crippen molar-refractivity contribution in [2.75, 3.05) is 0 Å². The lowest BCUT2D eigenvalue weighted by Crippen LogP contribution is -2.41. The molecule has 0 saturated carbocycles. The van der Waals surface area contributed by atoms with Gasteiger partial charge in [0.2, 0.25) is 16.0 Å². The van der Waals surface area contributed by atoms with Crippen molar-refractivity contribution in [3.63, 3.8) is 0 Å². The van der Waals surface area contributed by atoms with E-state index in [-0.39, 0.29) is 33.5 Å². The third-order valence-corrected chi connectivity index (χ3v) is 5.53. The van der Waals surface area contributed by atoms with Crippen LogP contribution in [0.15, 0.2) is 94.4 Å². The minimum absolute atomic E-state index is 0.124. The Morgan fingerprint density at radius 3 is 2.08 bits per heavy atom. The molecule has 12 nitrogen and oxygen atoms in total. The van der Waals surface area contributed by atoms with Gasteiger partial charge in [0.05, 0.1) is 15.5 Å². The number of guanidine groups is 1. The second-order valence-corrected chi connectivity index (χ2v) is 8.78. The van der Waals surface area contributed by atoms with E-state index in [0.717, 1.165) is 0 Å². The summed E-state index contributed by atoms with van der Waals surface area (Å²) in [5.41, 5.74) is 6.38. The molecular weight excluding hydrogens is 488 g/mol. The van der Waals surface area contributed by atoms with Crippen molar-refractivity contribution >= 4 is 45.2 Å². The minimum atomic E-state index is -3.88. The molecule has 184 valence electrons. The molecule has 0 bridgehead atoms. The Kier molecular flexibility index (Phi) is 7.89. The van der Waals surface area contributed by atoms with Crippen molar-refractivity contribution in [2.24, 2.45) is 15.9 Å². The number of carbonyl (C=O) groups excluding carboxylic acids is 2. The predicted octanol–water partition coefficient (Wildman–Crippen LogP) is 1.78. The number of rotatable bonds is 7. The number of hydrogen-bond donors (Lipinski definition) is 4. The van der Waals surface area contributed by atoms with Gasteiger partial charge in [0.25, 0.3) is 17.5 Å². The first kappa shape index (κ1) is 25.7. The van der Waals surface area contributed by atoms with Crippen LogP contribution in [0.25, 0.3) is 6.08 Å². The number of amides is 2. The molecule has 0 aliphatic heterocycles. The molecule has 2 amide bonds. The van der Waals surface area contributed by atoms with Gasteiger partial charge >= 0.3 is 0 Å². The first-order valence-corrected chi connectivity index (χ1v) is 11.7. The molecule has 3 aromatic rings. The molecule has 0 fully saturated rings. The van der Waals surface area contributed by atoms with Gasteiger partial charge in [0.1, 0.15) is 5.70 Å². The van der Waals surface area contributed by atoms with Crippen molar-refractivity contribution in [1.82, 2.24) is 10.6 Å². The summed E-state index contributed by atoms with van der Waals surface area (Å²) in [5, 5.41) is 20.8. The van der Waals surface area contributed by atoms with E-state index in [1.54, 1.807) is 30.3 Å². The second-order valence-electron chi connectivity index (χ2n) is 7.22. The number of nitrogens with one attached hydrogen (secondary N) is 2. The zero-order chi connectivity index (χ0) is 26.3. The summed E-state index contributed by atoms with van der Waals surface area (Å²) < 4.78 is 22.7. The highest BCUT2D eigenvalue weighted by Gasteiger charge is 2.16. The topological polar surface area (TPSA) is 200 Å². The third kappa shape index (κ3) is 7.06. The number of nitrogens with zero attached hydrogens (tertiary/aromatic N) is 2. The molecule has 0 saturated heterocycles. The molecule has 6 N–H and O–H groups in total. The fourth-order valence-electron chi connectivity index (χ4n) is 2.86. The van der Waals surface area contributed by atoms with Crippen LogP contribution in [-0.2, 0) is 14.8 Å². The van der Waals surface area contributed by atoms with Crippen LogP contribution < -0.4 is 21.5 Å². The van der Waals surface area contributed by atoms with Gasteiger partial charge in [-0.25, -0.2) is 18.5 Å². The standard InChI is InChI=1S/C23H20N6O6S/c24-23(26-17-8-12-19(13-9-17)36(25,34)35)28-22(31)20(27-21(30)16-4-2-1-3-5-16)14-15-6-10-18(11-7-15)29(32)33/h1-14H,(H,27,30)(H2,25,34,35)(H3,24,26,28,31)/b20-14-. The molecule has 3 rings (SSSR count). The van der Waals surface area contributed by atoms with Crippen LogP contribution in [0, 0.1) is 10.1 Å². The average molecular weight is 509 g/mol. The molecule has 0 radical (unpaired) electrons. The Labute approximate surface area is 205 Å². The maximum atomic E-state index is 12.9. The molecule has 0 aliphatic carbocycles. The number of benzene rings is 3. The van der Waals surface area contributed by atoms with Gasteiger partial charge < -0.3 is 11.1 Å². The molecule has 0 aromatic heterocycles. The summed E-state index contributed by atoms with van der Waals surface area (Å²) in [6.07, 6.45) is 1.31. The van der Waals surface area contributed by atoms with Crippen molar-refractivity contribution in [3.8, 4) is 0 Å². The summed E-state index contributed by atoms with van der Waals surface area (Å²) >= 11 is 0. The van der Waals surface area contributed by atoms with Crippen LogP contribution in [0.3, 0.4) is 0 Å². The quantitative estimate of drug-likeness (QED) is 0.122. The van der Waals surface area contributed by atoms with E-state index in [1.165, 1.54) is 54.6 Å². The van der Waals surface area contributed by atoms with E-state index in [1.807, 2.05) is 0 Å². The lowest BCUT2D eigenvalue weighted by molar-refractivity contribution is -0.384. The Morgan fingerprint density at radius 1 is 0.917 bits per heavy atom. The monoisotopic (exact) mass is 508 g/mol. The fraction of sp³-hybridized carbons (Fsp3) is 0. The lowest BCUT2D eigenvalue weighted by Gasteiger charge is -2.11. The molecule has 0 unspecified atom stereocenters. The van der Waals surface area contributed by atoms with Crippen molar-refractivity contribution in [2.45, 2.75) is 4.90 Å². The first-order valence-electron chi connectivity index (χ1n) is 10.1. The molecule has 0 heterocycles. The normalized spacial score (nSPS) is 12.0. The number of sulfonamides is 1. The number of aliphatic imine (C=N–C) groups is 1. The van der Waals surface area contributed by atoms with Crippen LogP contribution in [-0.4, -0.2) is 31.1 Å². The van der Waals surface area contributed by atoms with E-state index < -0.39 is 26.8 Å². The number of primary sulfonamides is 1. The number of nitro benzene ring substituents is 1. The van der Waals surface area contributed by atoms with Crippen molar-refractivity contribution in [1.29, 1.82) is 0 Å². The molecule has 36 heavy (non-hydrogen) atoms. The van der Waals surface area contributed by atoms with E-state index in [2.05, 4.69) is 15.6 Å². The number of nitro groups is 1. The number of hydrogen-bond acceptors (Lipinski definition) is 7. The maximum absolute atomic E-state index is 12.9.